The van der Waals surface area contributed by atoms with E-state index in [9.17, 15) is 5.11 Å². The molecule has 120 valence electrons. The van der Waals surface area contributed by atoms with Crippen LogP contribution in [0.15, 0.2) is 29.3 Å². The summed E-state index contributed by atoms with van der Waals surface area (Å²) in [4.78, 5) is 5.59. The van der Waals surface area contributed by atoms with Gasteiger partial charge in [-0.1, -0.05) is 12.1 Å². The van der Waals surface area contributed by atoms with Crippen molar-refractivity contribution < 1.29 is 9.84 Å². The topological polar surface area (TPSA) is 92.9 Å². The lowest BCUT2D eigenvalue weighted by Gasteiger charge is -2.15. The van der Waals surface area contributed by atoms with E-state index in [0.29, 0.717) is 5.96 Å². The maximum atomic E-state index is 9.88. The summed E-state index contributed by atoms with van der Waals surface area (Å²) in [5, 5.41) is 23.9. The molecular weight excluding hydrogens is 282 g/mol. The zero-order valence-electron chi connectivity index (χ0n) is 13.2. The average Bonchev–Trinajstić information content (AvgIpc) is 2.49. The number of aliphatic hydroxyl groups excluding tert-OH is 1. The van der Waals surface area contributed by atoms with Crippen LogP contribution in [0, 0.1) is 11.5 Å². The van der Waals surface area contributed by atoms with E-state index in [1.807, 2.05) is 38.4 Å². The van der Waals surface area contributed by atoms with Gasteiger partial charge in [-0.3, -0.25) is 0 Å². The highest BCUT2D eigenvalue weighted by atomic mass is 16.5. The quantitative estimate of drug-likeness (QED) is 0.377. The number of guanidine groups is 1. The third kappa shape index (κ3) is 6.92. The Hall–Kier alpha value is -2.30. The molecule has 1 aromatic carbocycles. The standard InChI is InChI=1S/C15H23N5O2/c1-17-15(19-11-16)18-8-13(21)10-22-14-6-4-5-12(7-14)9-20(2)3/h4-7,13,21H,8-10H2,1-3H3,(H2,17,18,19). The molecule has 3 N–H and O–H groups in total. The van der Waals surface area contributed by atoms with Crippen molar-refractivity contribution in [3.8, 4) is 11.9 Å². The van der Waals surface area contributed by atoms with Gasteiger partial charge < -0.3 is 25.4 Å². The summed E-state index contributed by atoms with van der Waals surface area (Å²) in [5.41, 5.74) is 1.15. The van der Waals surface area contributed by atoms with Gasteiger partial charge in [-0.15, -0.1) is 4.99 Å². The van der Waals surface area contributed by atoms with Gasteiger partial charge >= 0.3 is 0 Å². The Bertz CT molecular complexity index is 525. The van der Waals surface area contributed by atoms with Gasteiger partial charge in [0.05, 0.1) is 0 Å². The fourth-order valence-electron chi connectivity index (χ4n) is 1.80. The lowest BCUT2D eigenvalue weighted by molar-refractivity contribution is 0.110. The number of aliphatic imine (C=N–C) groups is 1. The van der Waals surface area contributed by atoms with Crippen LogP contribution in [-0.2, 0) is 6.54 Å². The second-order valence-corrected chi connectivity index (χ2v) is 5.04. The number of hydrogen-bond donors (Lipinski definition) is 3. The number of aliphatic hydroxyl groups is 1. The Balaban J connectivity index is 2.42. The first-order valence-electron chi connectivity index (χ1n) is 6.98. The van der Waals surface area contributed by atoms with Gasteiger partial charge in [-0.25, -0.2) is 0 Å². The summed E-state index contributed by atoms with van der Waals surface area (Å²) >= 11 is 0. The fraction of sp³-hybridized carbons (Fsp3) is 0.467. The molecule has 1 unspecified atom stereocenters. The predicted molar refractivity (Wildman–Crippen MR) is 85.4 cm³/mol. The van der Waals surface area contributed by atoms with Crippen LogP contribution < -0.4 is 15.4 Å². The van der Waals surface area contributed by atoms with Gasteiger partial charge in [0.15, 0.2) is 0 Å². The molecule has 0 radical (unpaired) electrons. The number of nitrogens with one attached hydrogen (secondary N) is 2. The molecule has 0 amide bonds. The highest BCUT2D eigenvalue weighted by Crippen LogP contribution is 2.14. The molecule has 0 aliphatic heterocycles. The smallest absolute Gasteiger partial charge is 0.209 e. The minimum Gasteiger partial charge on any atom is -0.491 e. The number of nitriles is 1. The SMILES string of the molecule is CN/C(=N/C#N)NCC(O)COc1cccc(CN(C)C)c1. The molecule has 1 aromatic rings. The van der Waals surface area contributed by atoms with Crippen molar-refractivity contribution in [2.75, 3.05) is 34.3 Å². The van der Waals surface area contributed by atoms with E-state index in [1.165, 1.54) is 0 Å². The maximum Gasteiger partial charge on any atom is 0.209 e. The molecule has 1 atom stereocenters. The minimum atomic E-state index is -0.713. The van der Waals surface area contributed by atoms with Crippen LogP contribution in [0.4, 0.5) is 0 Å². The van der Waals surface area contributed by atoms with E-state index in [4.69, 9.17) is 10.00 Å². The summed E-state index contributed by atoms with van der Waals surface area (Å²) < 4.78 is 5.58. The van der Waals surface area contributed by atoms with Gasteiger partial charge in [-0.05, 0) is 31.8 Å². The molecule has 0 saturated carbocycles. The molecule has 0 aliphatic rings. The molecule has 0 spiro atoms. The first-order chi connectivity index (χ1) is 10.5. The van der Waals surface area contributed by atoms with Gasteiger partial charge in [-0.2, -0.15) is 5.26 Å². The van der Waals surface area contributed by atoms with E-state index in [2.05, 4.69) is 20.5 Å². The summed E-state index contributed by atoms with van der Waals surface area (Å²) in [6, 6.07) is 7.77. The molecule has 1 rings (SSSR count). The number of benzene rings is 1. The molecule has 7 nitrogen and oxygen atoms in total. The molecule has 0 saturated heterocycles. The minimum absolute atomic E-state index is 0.155. The number of rotatable bonds is 7. The number of ether oxygens (including phenoxy) is 1. The molecule has 22 heavy (non-hydrogen) atoms. The summed E-state index contributed by atoms with van der Waals surface area (Å²) in [6.07, 6.45) is 0.955. The van der Waals surface area contributed by atoms with Gasteiger partial charge in [0.25, 0.3) is 0 Å². The van der Waals surface area contributed by atoms with Crippen molar-refractivity contribution >= 4 is 5.96 Å². The van der Waals surface area contributed by atoms with Gasteiger partial charge in [0.1, 0.15) is 18.5 Å². The van der Waals surface area contributed by atoms with Crippen LogP contribution in [-0.4, -0.2) is 56.4 Å². The van der Waals surface area contributed by atoms with Crippen LogP contribution >= 0.6 is 0 Å². The lowest BCUT2D eigenvalue weighted by Crippen LogP contribution is -2.41. The second kappa shape index (κ2) is 9.60. The van der Waals surface area contributed by atoms with Crippen LogP contribution in [0.3, 0.4) is 0 Å². The third-order valence-electron chi connectivity index (χ3n) is 2.74. The average molecular weight is 305 g/mol. The Labute approximate surface area is 131 Å². The highest BCUT2D eigenvalue weighted by Gasteiger charge is 2.07. The molecule has 0 bridgehead atoms. The number of hydrogen-bond acceptors (Lipinski definition) is 5. The van der Waals surface area contributed by atoms with Crippen LogP contribution in [0.5, 0.6) is 5.75 Å². The summed E-state index contributed by atoms with van der Waals surface area (Å²) in [5.74, 6) is 1.03. The largest absolute Gasteiger partial charge is 0.491 e. The number of nitrogens with zero attached hydrogens (tertiary/aromatic N) is 3. The van der Waals surface area contributed by atoms with E-state index >= 15 is 0 Å². The first-order valence-corrected chi connectivity index (χ1v) is 6.98. The molecule has 0 fully saturated rings. The zero-order chi connectivity index (χ0) is 16.4. The lowest BCUT2D eigenvalue weighted by atomic mass is 10.2. The Morgan fingerprint density at radius 1 is 1.50 bits per heavy atom. The van der Waals surface area contributed by atoms with Crippen molar-refractivity contribution in [1.82, 2.24) is 15.5 Å². The molecule has 7 heteroatoms. The van der Waals surface area contributed by atoms with E-state index < -0.39 is 6.10 Å². The van der Waals surface area contributed by atoms with Crippen molar-refractivity contribution in [3.05, 3.63) is 29.8 Å². The van der Waals surface area contributed by atoms with Gasteiger partial charge in [0.2, 0.25) is 12.2 Å². The van der Waals surface area contributed by atoms with Crippen LogP contribution in [0.25, 0.3) is 0 Å². The molecular formula is C15H23N5O2. The van der Waals surface area contributed by atoms with Crippen LogP contribution in [0.1, 0.15) is 5.56 Å². The van der Waals surface area contributed by atoms with Crippen molar-refractivity contribution in [2.24, 2.45) is 4.99 Å². The predicted octanol–water partition coefficient (Wildman–Crippen LogP) is 0.134. The molecule has 0 aliphatic carbocycles. The Morgan fingerprint density at radius 3 is 2.91 bits per heavy atom. The highest BCUT2D eigenvalue weighted by molar-refractivity contribution is 5.80. The normalized spacial score (nSPS) is 12.6. The molecule has 0 heterocycles. The maximum absolute atomic E-state index is 9.88. The zero-order valence-corrected chi connectivity index (χ0v) is 13.2. The first kappa shape index (κ1) is 17.8. The van der Waals surface area contributed by atoms with Crippen molar-refractivity contribution in [2.45, 2.75) is 12.6 Å². The van der Waals surface area contributed by atoms with E-state index in [0.717, 1.165) is 17.9 Å². The second-order valence-electron chi connectivity index (χ2n) is 5.04. The van der Waals surface area contributed by atoms with Crippen molar-refractivity contribution in [1.29, 1.82) is 5.26 Å². The van der Waals surface area contributed by atoms with Crippen molar-refractivity contribution in [3.63, 3.8) is 0 Å². The Kier molecular flexibility index (Phi) is 7.75. The van der Waals surface area contributed by atoms with E-state index in [-0.39, 0.29) is 13.2 Å². The third-order valence-corrected chi connectivity index (χ3v) is 2.74. The summed E-state index contributed by atoms with van der Waals surface area (Å²) in [6.45, 7) is 1.22. The summed E-state index contributed by atoms with van der Waals surface area (Å²) in [7, 11) is 5.65. The monoisotopic (exact) mass is 305 g/mol. The molecule has 0 aromatic heterocycles. The van der Waals surface area contributed by atoms with E-state index in [1.54, 1.807) is 13.2 Å². The van der Waals surface area contributed by atoms with Gasteiger partial charge in [0, 0.05) is 20.1 Å². The van der Waals surface area contributed by atoms with Crippen LogP contribution in [0.2, 0.25) is 0 Å². The Morgan fingerprint density at radius 2 is 2.27 bits per heavy atom. The fourth-order valence-corrected chi connectivity index (χ4v) is 1.80.